The number of para-hydroxylation sites is 1. The molecule has 2 unspecified atom stereocenters. The minimum Gasteiger partial charge on any atom is -0.459 e. The molecule has 0 radical (unpaired) electrons. The van der Waals surface area contributed by atoms with Gasteiger partial charge in [0.05, 0.1) is 6.04 Å². The van der Waals surface area contributed by atoms with Crippen LogP contribution < -0.4 is 11.1 Å². The second kappa shape index (κ2) is 6.77. The van der Waals surface area contributed by atoms with E-state index in [1.54, 1.807) is 0 Å². The molecule has 2 aromatic rings. The number of nitrogens with two attached hydrogens (primary N) is 1. The van der Waals surface area contributed by atoms with E-state index in [0.717, 1.165) is 22.3 Å². The van der Waals surface area contributed by atoms with Gasteiger partial charge in [-0.25, -0.2) is 0 Å². The van der Waals surface area contributed by atoms with Crippen molar-refractivity contribution in [2.45, 2.75) is 39.3 Å². The lowest BCUT2D eigenvalue weighted by molar-refractivity contribution is -0.122. The molecule has 0 aliphatic rings. The summed E-state index contributed by atoms with van der Waals surface area (Å²) in [6.07, 6.45) is 0.323. The van der Waals surface area contributed by atoms with Crippen molar-refractivity contribution in [1.82, 2.24) is 5.32 Å². The highest BCUT2D eigenvalue weighted by Crippen LogP contribution is 2.29. The molecule has 1 aromatic carbocycles. The van der Waals surface area contributed by atoms with Gasteiger partial charge < -0.3 is 15.5 Å². The Morgan fingerprint density at radius 1 is 1.35 bits per heavy atom. The second-order valence-electron chi connectivity index (χ2n) is 5.06. The fourth-order valence-electron chi connectivity index (χ4n) is 2.26. The lowest BCUT2D eigenvalue weighted by Crippen LogP contribution is -2.31. The number of hydrogen-bond donors (Lipinski definition) is 2. The van der Waals surface area contributed by atoms with Crippen LogP contribution in [0.15, 0.2) is 28.7 Å². The molecule has 2 rings (SSSR count). The zero-order valence-electron chi connectivity index (χ0n) is 12.0. The van der Waals surface area contributed by atoms with Crippen LogP contribution in [0.1, 0.15) is 37.6 Å². The van der Waals surface area contributed by atoms with E-state index in [2.05, 4.69) is 5.32 Å². The summed E-state index contributed by atoms with van der Waals surface area (Å²) in [4.78, 5) is 11.7. The third-order valence-corrected chi connectivity index (χ3v) is 3.16. The molecule has 4 nitrogen and oxygen atoms in total. The van der Waals surface area contributed by atoms with E-state index in [-0.39, 0.29) is 30.4 Å². The topological polar surface area (TPSA) is 68.3 Å². The molecule has 0 saturated carbocycles. The van der Waals surface area contributed by atoms with Crippen molar-refractivity contribution in [3.63, 3.8) is 0 Å². The van der Waals surface area contributed by atoms with Gasteiger partial charge in [-0.1, -0.05) is 18.2 Å². The maximum Gasteiger partial charge on any atom is 0.222 e. The predicted octanol–water partition coefficient (Wildman–Crippen LogP) is 3.08. The Hall–Kier alpha value is -1.52. The summed E-state index contributed by atoms with van der Waals surface area (Å²) in [6, 6.07) is 7.58. The average Bonchev–Trinajstić information content (AvgIpc) is 2.66. The predicted molar refractivity (Wildman–Crippen MR) is 83.0 cm³/mol. The zero-order chi connectivity index (χ0) is 14.0. The van der Waals surface area contributed by atoms with E-state index in [4.69, 9.17) is 10.2 Å². The second-order valence-corrected chi connectivity index (χ2v) is 5.06. The van der Waals surface area contributed by atoms with Crippen LogP contribution in [-0.4, -0.2) is 11.9 Å². The Labute approximate surface area is 125 Å². The van der Waals surface area contributed by atoms with Crippen molar-refractivity contribution in [3.8, 4) is 0 Å². The number of amides is 1. The summed E-state index contributed by atoms with van der Waals surface area (Å²) >= 11 is 0. The third-order valence-electron chi connectivity index (χ3n) is 3.16. The van der Waals surface area contributed by atoms with Gasteiger partial charge in [0.2, 0.25) is 5.91 Å². The SMILES string of the molecule is Cc1c(C(C)NC(=O)CC(C)N)oc2ccccc12.Cl. The van der Waals surface area contributed by atoms with Crippen LogP contribution in [0.3, 0.4) is 0 Å². The Morgan fingerprint density at radius 2 is 2.00 bits per heavy atom. The van der Waals surface area contributed by atoms with Gasteiger partial charge in [0.25, 0.3) is 0 Å². The molecule has 1 heterocycles. The first-order valence-electron chi connectivity index (χ1n) is 6.52. The smallest absolute Gasteiger partial charge is 0.222 e. The van der Waals surface area contributed by atoms with Gasteiger partial charge >= 0.3 is 0 Å². The van der Waals surface area contributed by atoms with Gasteiger partial charge in [-0.05, 0) is 26.8 Å². The summed E-state index contributed by atoms with van der Waals surface area (Å²) in [7, 11) is 0. The Balaban J connectivity index is 0.00000200. The molecule has 1 aromatic heterocycles. The highest BCUT2D eigenvalue weighted by molar-refractivity contribution is 5.85. The molecule has 1 amide bonds. The van der Waals surface area contributed by atoms with Crippen molar-refractivity contribution in [3.05, 3.63) is 35.6 Å². The number of fused-ring (bicyclic) bond motifs is 1. The quantitative estimate of drug-likeness (QED) is 0.911. The standard InChI is InChI=1S/C15H20N2O2.ClH/c1-9(16)8-14(18)17-11(3)15-10(2)12-6-4-5-7-13(12)19-15;/h4-7,9,11H,8,16H2,1-3H3,(H,17,18);1H. The first-order valence-corrected chi connectivity index (χ1v) is 6.52. The number of carbonyl (C=O) groups excluding carboxylic acids is 1. The van der Waals surface area contributed by atoms with Crippen LogP contribution in [0.5, 0.6) is 0 Å². The fraction of sp³-hybridized carbons (Fsp3) is 0.400. The molecule has 0 fully saturated rings. The van der Waals surface area contributed by atoms with Gasteiger partial charge in [-0.3, -0.25) is 4.79 Å². The van der Waals surface area contributed by atoms with E-state index in [1.165, 1.54) is 0 Å². The highest BCUT2D eigenvalue weighted by Gasteiger charge is 2.18. The molecule has 0 spiro atoms. The van der Waals surface area contributed by atoms with Gasteiger partial charge in [-0.2, -0.15) is 0 Å². The average molecular weight is 297 g/mol. The number of furan rings is 1. The molecule has 2 atom stereocenters. The van der Waals surface area contributed by atoms with Gasteiger partial charge in [0.15, 0.2) is 0 Å². The van der Waals surface area contributed by atoms with E-state index >= 15 is 0 Å². The molecule has 0 aliphatic carbocycles. The highest BCUT2D eigenvalue weighted by atomic mass is 35.5. The zero-order valence-corrected chi connectivity index (χ0v) is 12.8. The maximum absolute atomic E-state index is 11.7. The Kier molecular flexibility index (Phi) is 5.60. The van der Waals surface area contributed by atoms with E-state index < -0.39 is 0 Å². The van der Waals surface area contributed by atoms with E-state index in [1.807, 2.05) is 45.0 Å². The van der Waals surface area contributed by atoms with Crippen LogP contribution in [0, 0.1) is 6.92 Å². The summed E-state index contributed by atoms with van der Waals surface area (Å²) in [5, 5.41) is 4.01. The number of carbonyl (C=O) groups is 1. The minimum atomic E-state index is -0.154. The number of aryl methyl sites for hydroxylation is 1. The van der Waals surface area contributed by atoms with Gasteiger partial charge in [0, 0.05) is 23.4 Å². The first-order chi connectivity index (χ1) is 8.99. The number of nitrogens with one attached hydrogen (secondary N) is 1. The molecule has 20 heavy (non-hydrogen) atoms. The summed E-state index contributed by atoms with van der Waals surface area (Å²) in [5.74, 6) is 0.751. The molecule has 110 valence electrons. The summed E-state index contributed by atoms with van der Waals surface area (Å²) < 4.78 is 5.82. The Bertz CT molecular complexity index is 593. The number of halogens is 1. The number of hydrogen-bond acceptors (Lipinski definition) is 3. The summed E-state index contributed by atoms with van der Waals surface area (Å²) in [6.45, 7) is 5.75. The van der Waals surface area contributed by atoms with E-state index in [0.29, 0.717) is 6.42 Å². The van der Waals surface area contributed by atoms with Crippen LogP contribution in [0.2, 0.25) is 0 Å². The molecular weight excluding hydrogens is 276 g/mol. The Morgan fingerprint density at radius 3 is 2.60 bits per heavy atom. The largest absolute Gasteiger partial charge is 0.459 e. The first kappa shape index (κ1) is 16.5. The molecule has 0 bridgehead atoms. The van der Waals surface area contributed by atoms with Gasteiger partial charge in [0.1, 0.15) is 11.3 Å². The van der Waals surface area contributed by atoms with Gasteiger partial charge in [-0.15, -0.1) is 12.4 Å². The summed E-state index contributed by atoms with van der Waals surface area (Å²) in [5.41, 5.74) is 7.54. The van der Waals surface area contributed by atoms with Crippen LogP contribution >= 0.6 is 12.4 Å². The minimum absolute atomic E-state index is 0. The number of benzene rings is 1. The lowest BCUT2D eigenvalue weighted by atomic mass is 10.1. The third kappa shape index (κ3) is 3.52. The van der Waals surface area contributed by atoms with Crippen LogP contribution in [-0.2, 0) is 4.79 Å². The fourth-order valence-corrected chi connectivity index (χ4v) is 2.26. The molecule has 0 aliphatic heterocycles. The van der Waals surface area contributed by atoms with Crippen molar-refractivity contribution in [2.24, 2.45) is 5.73 Å². The molecular formula is C15H21ClN2O2. The van der Waals surface area contributed by atoms with E-state index in [9.17, 15) is 4.79 Å². The molecule has 3 N–H and O–H groups in total. The van der Waals surface area contributed by atoms with Crippen LogP contribution in [0.25, 0.3) is 11.0 Å². The monoisotopic (exact) mass is 296 g/mol. The van der Waals surface area contributed by atoms with Crippen molar-refractivity contribution in [1.29, 1.82) is 0 Å². The normalized spacial score (nSPS) is 13.6. The molecule has 0 saturated heterocycles. The van der Waals surface area contributed by atoms with Crippen molar-refractivity contribution < 1.29 is 9.21 Å². The number of rotatable bonds is 4. The van der Waals surface area contributed by atoms with Crippen LogP contribution in [0.4, 0.5) is 0 Å². The van der Waals surface area contributed by atoms with Crippen molar-refractivity contribution in [2.75, 3.05) is 0 Å². The maximum atomic E-state index is 11.7. The van der Waals surface area contributed by atoms with Crippen molar-refractivity contribution >= 4 is 29.3 Å². The lowest BCUT2D eigenvalue weighted by Gasteiger charge is -2.13. The molecule has 5 heteroatoms.